The topological polar surface area (TPSA) is 64.7 Å². The fourth-order valence-corrected chi connectivity index (χ4v) is 5.56. The summed E-state index contributed by atoms with van der Waals surface area (Å²) in [5, 5.41) is 3.26. The third kappa shape index (κ3) is 4.94. The van der Waals surface area contributed by atoms with Gasteiger partial charge in [-0.1, -0.05) is 18.2 Å². The molecule has 1 fully saturated rings. The summed E-state index contributed by atoms with van der Waals surface area (Å²) in [6, 6.07) is 9.98. The summed E-state index contributed by atoms with van der Waals surface area (Å²) < 4.78 is 45.4. The highest BCUT2D eigenvalue weighted by Crippen LogP contribution is 2.36. The number of benzene rings is 1. The van der Waals surface area contributed by atoms with Crippen LogP contribution in [0.3, 0.4) is 0 Å². The number of aryl methyl sites for hydroxylation is 1. The van der Waals surface area contributed by atoms with Gasteiger partial charge >= 0.3 is 11.9 Å². The second-order valence-electron chi connectivity index (χ2n) is 10.3. The smallest absolute Gasteiger partial charge is 0.317 e. The number of hydrogen-bond acceptors (Lipinski definition) is 4. The van der Waals surface area contributed by atoms with Crippen LogP contribution in [0.25, 0.3) is 34.3 Å². The van der Waals surface area contributed by atoms with Gasteiger partial charge in [0, 0.05) is 37.6 Å². The predicted octanol–water partition coefficient (Wildman–Crippen LogP) is 5.43. The van der Waals surface area contributed by atoms with Crippen molar-refractivity contribution in [2.45, 2.75) is 31.9 Å². The first-order valence-corrected chi connectivity index (χ1v) is 13.1. The van der Waals surface area contributed by atoms with Crippen LogP contribution in [0.2, 0.25) is 0 Å². The number of halogens is 3. The molecule has 1 aliphatic heterocycles. The molecule has 0 unspecified atom stereocenters. The maximum atomic E-state index is 14.2. The SMILES string of the molecule is Cn1cc(-c2cc(-c3cnc4c(c3)C=CC4)ccn2)n(-c2ccc(CC3CCNCC3)c(C(F)(F)F)c2)c1=O. The van der Waals surface area contributed by atoms with Crippen molar-refractivity contribution in [1.82, 2.24) is 24.4 Å². The van der Waals surface area contributed by atoms with E-state index in [1.54, 1.807) is 31.7 Å². The molecule has 39 heavy (non-hydrogen) atoms. The molecular weight excluding hydrogens is 503 g/mol. The molecule has 1 aromatic carbocycles. The van der Waals surface area contributed by atoms with Gasteiger partial charge in [-0.05, 0) is 85.3 Å². The van der Waals surface area contributed by atoms with Crippen LogP contribution in [0.15, 0.2) is 65.9 Å². The average molecular weight is 532 g/mol. The van der Waals surface area contributed by atoms with E-state index in [0.29, 0.717) is 17.8 Å². The van der Waals surface area contributed by atoms with E-state index >= 15 is 0 Å². The molecule has 0 spiro atoms. The van der Waals surface area contributed by atoms with Gasteiger partial charge in [0.05, 0.1) is 28.3 Å². The van der Waals surface area contributed by atoms with Crippen LogP contribution < -0.4 is 11.0 Å². The van der Waals surface area contributed by atoms with Crippen molar-refractivity contribution in [2.24, 2.45) is 13.0 Å². The van der Waals surface area contributed by atoms with Gasteiger partial charge in [-0.3, -0.25) is 14.5 Å². The number of piperidine rings is 1. The van der Waals surface area contributed by atoms with Gasteiger partial charge in [-0.25, -0.2) is 4.79 Å². The van der Waals surface area contributed by atoms with E-state index < -0.39 is 17.4 Å². The fraction of sp³-hybridized carbons (Fsp3) is 0.300. The van der Waals surface area contributed by atoms with Gasteiger partial charge in [-0.15, -0.1) is 0 Å². The number of nitrogens with zero attached hydrogens (tertiary/aromatic N) is 4. The van der Waals surface area contributed by atoms with Crippen LogP contribution >= 0.6 is 0 Å². The molecule has 0 atom stereocenters. The zero-order valence-corrected chi connectivity index (χ0v) is 21.5. The number of rotatable bonds is 5. The lowest BCUT2D eigenvalue weighted by atomic mass is 9.88. The summed E-state index contributed by atoms with van der Waals surface area (Å²) in [6.45, 7) is 1.63. The van der Waals surface area contributed by atoms with Gasteiger partial charge in [-0.2, -0.15) is 13.2 Å². The number of nitrogens with one attached hydrogen (secondary N) is 1. The Labute approximate surface area is 223 Å². The zero-order chi connectivity index (χ0) is 27.1. The lowest BCUT2D eigenvalue weighted by Crippen LogP contribution is -2.29. The van der Waals surface area contributed by atoms with Gasteiger partial charge in [0.25, 0.3) is 0 Å². The number of aromatic nitrogens is 4. The molecule has 6 nitrogen and oxygen atoms in total. The maximum Gasteiger partial charge on any atom is 0.416 e. The Morgan fingerprint density at radius 2 is 1.87 bits per heavy atom. The molecule has 9 heteroatoms. The number of allylic oxidation sites excluding steroid dienone is 1. The Balaban J connectivity index is 1.41. The van der Waals surface area contributed by atoms with Crippen molar-refractivity contribution < 1.29 is 13.2 Å². The minimum atomic E-state index is -4.54. The maximum absolute atomic E-state index is 14.2. The van der Waals surface area contributed by atoms with E-state index in [2.05, 4.69) is 27.4 Å². The first-order chi connectivity index (χ1) is 18.8. The van der Waals surface area contributed by atoms with E-state index in [-0.39, 0.29) is 17.2 Å². The molecule has 1 saturated heterocycles. The number of hydrogen-bond donors (Lipinski definition) is 1. The monoisotopic (exact) mass is 531 g/mol. The van der Waals surface area contributed by atoms with Crippen molar-refractivity contribution in [3.05, 3.63) is 93.9 Å². The van der Waals surface area contributed by atoms with Crippen molar-refractivity contribution in [2.75, 3.05) is 13.1 Å². The largest absolute Gasteiger partial charge is 0.416 e. The highest BCUT2D eigenvalue weighted by Gasteiger charge is 2.35. The van der Waals surface area contributed by atoms with Crippen LogP contribution in [-0.4, -0.2) is 32.2 Å². The van der Waals surface area contributed by atoms with Crippen LogP contribution in [-0.2, 0) is 26.1 Å². The lowest BCUT2D eigenvalue weighted by Gasteiger charge is -2.24. The van der Waals surface area contributed by atoms with Crippen molar-refractivity contribution in [1.29, 1.82) is 0 Å². The van der Waals surface area contributed by atoms with Gasteiger partial charge in [0.1, 0.15) is 0 Å². The summed E-state index contributed by atoms with van der Waals surface area (Å²) in [5.41, 5.74) is 4.02. The third-order valence-corrected chi connectivity index (χ3v) is 7.64. The third-order valence-electron chi connectivity index (χ3n) is 7.64. The van der Waals surface area contributed by atoms with Crippen molar-refractivity contribution >= 4 is 6.08 Å². The van der Waals surface area contributed by atoms with E-state index in [4.69, 9.17) is 0 Å². The molecule has 1 aliphatic carbocycles. The van der Waals surface area contributed by atoms with Crippen LogP contribution in [0, 0.1) is 5.92 Å². The van der Waals surface area contributed by atoms with E-state index in [9.17, 15) is 18.0 Å². The second-order valence-corrected chi connectivity index (χ2v) is 10.3. The van der Waals surface area contributed by atoms with Gasteiger partial charge in [0.2, 0.25) is 0 Å². The molecule has 200 valence electrons. The normalized spacial score (nSPS) is 15.6. The van der Waals surface area contributed by atoms with E-state index in [1.165, 1.54) is 15.2 Å². The minimum Gasteiger partial charge on any atom is -0.317 e. The highest BCUT2D eigenvalue weighted by molar-refractivity contribution is 5.72. The molecule has 4 heterocycles. The molecule has 6 rings (SSSR count). The first-order valence-electron chi connectivity index (χ1n) is 13.1. The molecule has 0 radical (unpaired) electrons. The average Bonchev–Trinajstić information content (AvgIpc) is 3.52. The Morgan fingerprint density at radius 3 is 2.67 bits per heavy atom. The highest BCUT2D eigenvalue weighted by atomic mass is 19.4. The predicted molar refractivity (Wildman–Crippen MR) is 145 cm³/mol. The van der Waals surface area contributed by atoms with Crippen molar-refractivity contribution in [3.63, 3.8) is 0 Å². The molecule has 0 amide bonds. The van der Waals surface area contributed by atoms with Crippen molar-refractivity contribution in [3.8, 4) is 28.2 Å². The summed E-state index contributed by atoms with van der Waals surface area (Å²) in [5.74, 6) is 0.198. The molecule has 1 N–H and O–H groups in total. The Hall–Kier alpha value is -3.98. The lowest BCUT2D eigenvalue weighted by molar-refractivity contribution is -0.138. The summed E-state index contributed by atoms with van der Waals surface area (Å²) in [7, 11) is 1.58. The standard InChI is InChI=1S/C30H28F3N5O/c1-37-18-28(27-15-20(9-12-35-27)23-14-22-3-2-4-26(22)36-17-23)38(29(37)39)24-6-5-21(25(16-24)30(31,32)33)13-19-7-10-34-11-8-19/h2-3,5-6,9,12,14-19,34H,4,7-8,10-11,13H2,1H3. The summed E-state index contributed by atoms with van der Waals surface area (Å²) in [6.07, 6.45) is 7.48. The number of imidazole rings is 1. The fourth-order valence-electron chi connectivity index (χ4n) is 5.56. The first kappa shape index (κ1) is 25.3. The molecule has 4 aromatic rings. The van der Waals surface area contributed by atoms with E-state index in [1.807, 2.05) is 18.2 Å². The van der Waals surface area contributed by atoms with Crippen LogP contribution in [0.5, 0.6) is 0 Å². The number of pyridine rings is 2. The van der Waals surface area contributed by atoms with Crippen LogP contribution in [0.4, 0.5) is 13.2 Å². The van der Waals surface area contributed by atoms with Crippen LogP contribution in [0.1, 0.15) is 35.2 Å². The number of alkyl halides is 3. The molecule has 0 saturated carbocycles. The van der Waals surface area contributed by atoms with E-state index in [0.717, 1.165) is 60.8 Å². The quantitative estimate of drug-likeness (QED) is 0.373. The molecular formula is C30H28F3N5O. The summed E-state index contributed by atoms with van der Waals surface area (Å²) >= 11 is 0. The molecule has 3 aromatic heterocycles. The van der Waals surface area contributed by atoms with Gasteiger partial charge in [0.15, 0.2) is 0 Å². The molecule has 2 aliphatic rings. The Bertz CT molecular complexity index is 1630. The number of fused-ring (bicyclic) bond motifs is 1. The zero-order valence-electron chi connectivity index (χ0n) is 21.5. The Morgan fingerprint density at radius 1 is 1.05 bits per heavy atom. The second kappa shape index (κ2) is 9.96. The van der Waals surface area contributed by atoms with Gasteiger partial charge < -0.3 is 9.88 Å². The molecule has 0 bridgehead atoms. The summed E-state index contributed by atoms with van der Waals surface area (Å²) in [4.78, 5) is 22.2. The minimum absolute atomic E-state index is 0.161. The Kier molecular flexibility index (Phi) is 6.46.